The molecule has 4 aromatic rings. The number of benzene rings is 2. The van der Waals surface area contributed by atoms with E-state index in [0.717, 1.165) is 35.5 Å². The first kappa shape index (κ1) is 19.0. The fraction of sp³-hybridized carbons (Fsp3) is 0.217. The molecule has 0 aliphatic carbocycles. The summed E-state index contributed by atoms with van der Waals surface area (Å²) in [5, 5.41) is 0. The molecule has 2 aromatic carbocycles. The Labute approximate surface area is 177 Å². The van der Waals surface area contributed by atoms with E-state index in [1.807, 2.05) is 41.3 Å². The molecule has 0 bridgehead atoms. The van der Waals surface area contributed by atoms with Crippen LogP contribution in [0.5, 0.6) is 0 Å². The van der Waals surface area contributed by atoms with Crippen LogP contribution in [0, 0.1) is 5.82 Å². The highest BCUT2D eigenvalue weighted by Gasteiger charge is 2.23. The first-order valence-electron chi connectivity index (χ1n) is 9.96. The van der Waals surface area contributed by atoms with Crippen LogP contribution in [0.25, 0.3) is 21.5 Å². The zero-order valence-electron chi connectivity index (χ0n) is 16.3. The number of amides is 1. The second kappa shape index (κ2) is 8.01. The lowest BCUT2D eigenvalue weighted by molar-refractivity contribution is 0.0630. The molecule has 1 amide bonds. The summed E-state index contributed by atoms with van der Waals surface area (Å²) in [4.78, 5) is 26.5. The Bertz CT molecular complexity index is 1190. The van der Waals surface area contributed by atoms with Crippen LogP contribution >= 0.6 is 11.3 Å². The van der Waals surface area contributed by atoms with E-state index in [9.17, 15) is 9.18 Å². The van der Waals surface area contributed by atoms with Crippen LogP contribution in [0.3, 0.4) is 0 Å². The maximum Gasteiger partial charge on any atom is 0.254 e. The molecule has 0 unspecified atom stereocenters. The van der Waals surface area contributed by atoms with E-state index >= 15 is 0 Å². The number of piperazine rings is 1. The molecule has 5 nitrogen and oxygen atoms in total. The van der Waals surface area contributed by atoms with E-state index in [-0.39, 0.29) is 11.7 Å². The summed E-state index contributed by atoms with van der Waals surface area (Å²) in [7, 11) is 0. The SMILES string of the molecule is O=C(c1ccc2nc[nH]c2c1)N1CCN(Cc2ccc(-c3ccccc3F)s2)CC1. The number of H-pyrrole nitrogens is 1. The van der Waals surface area contributed by atoms with Crippen molar-refractivity contribution in [3.05, 3.63) is 77.2 Å². The number of thiophene rings is 1. The summed E-state index contributed by atoms with van der Waals surface area (Å²) in [6, 6.07) is 16.5. The van der Waals surface area contributed by atoms with Crippen molar-refractivity contribution in [2.24, 2.45) is 0 Å². The largest absolute Gasteiger partial charge is 0.345 e. The van der Waals surface area contributed by atoms with Crippen molar-refractivity contribution in [1.82, 2.24) is 19.8 Å². The lowest BCUT2D eigenvalue weighted by Gasteiger charge is -2.34. The average Bonchev–Trinajstić information content (AvgIpc) is 3.43. The van der Waals surface area contributed by atoms with Crippen molar-refractivity contribution in [2.45, 2.75) is 6.54 Å². The molecule has 3 heterocycles. The van der Waals surface area contributed by atoms with Gasteiger partial charge in [-0.1, -0.05) is 18.2 Å². The molecule has 1 saturated heterocycles. The number of carbonyl (C=O) groups excluding carboxylic acids is 1. The lowest BCUT2D eigenvalue weighted by Crippen LogP contribution is -2.48. The van der Waals surface area contributed by atoms with Crippen LogP contribution in [0.2, 0.25) is 0 Å². The quantitative estimate of drug-likeness (QED) is 0.533. The molecule has 1 aliphatic heterocycles. The number of nitrogens with zero attached hydrogens (tertiary/aromatic N) is 3. The van der Waals surface area contributed by atoms with E-state index in [0.29, 0.717) is 24.2 Å². The highest BCUT2D eigenvalue weighted by atomic mass is 32.1. The number of hydrogen-bond donors (Lipinski definition) is 1. The van der Waals surface area contributed by atoms with Crippen LogP contribution in [0.4, 0.5) is 4.39 Å². The van der Waals surface area contributed by atoms with Gasteiger partial charge in [0.05, 0.1) is 17.4 Å². The fourth-order valence-corrected chi connectivity index (χ4v) is 4.93. The topological polar surface area (TPSA) is 52.2 Å². The summed E-state index contributed by atoms with van der Waals surface area (Å²) in [5.41, 5.74) is 3.08. The van der Waals surface area contributed by atoms with Gasteiger partial charge in [-0.2, -0.15) is 0 Å². The number of halogens is 1. The monoisotopic (exact) mass is 420 g/mol. The van der Waals surface area contributed by atoms with E-state index < -0.39 is 0 Å². The summed E-state index contributed by atoms with van der Waals surface area (Å²) >= 11 is 1.63. The maximum atomic E-state index is 14.0. The van der Waals surface area contributed by atoms with Crippen molar-refractivity contribution in [1.29, 1.82) is 0 Å². The van der Waals surface area contributed by atoms with Gasteiger partial charge in [0.25, 0.3) is 5.91 Å². The number of rotatable bonds is 4. The number of nitrogens with one attached hydrogen (secondary N) is 1. The summed E-state index contributed by atoms with van der Waals surface area (Å²) in [5.74, 6) is -0.129. The Morgan fingerprint density at radius 1 is 1.07 bits per heavy atom. The molecule has 0 radical (unpaired) electrons. The summed E-state index contributed by atoms with van der Waals surface area (Å²) in [6.45, 7) is 3.87. The molecule has 0 atom stereocenters. The van der Waals surface area contributed by atoms with Gasteiger partial charge in [-0.15, -0.1) is 11.3 Å². The Hall–Kier alpha value is -3.03. The molecule has 2 aromatic heterocycles. The molecule has 1 fully saturated rings. The second-order valence-electron chi connectivity index (χ2n) is 7.45. The maximum absolute atomic E-state index is 14.0. The number of aromatic amines is 1. The average molecular weight is 421 g/mol. The predicted molar refractivity (Wildman–Crippen MR) is 117 cm³/mol. The minimum absolute atomic E-state index is 0.0594. The van der Waals surface area contributed by atoms with Gasteiger partial charge >= 0.3 is 0 Å². The van der Waals surface area contributed by atoms with Crippen molar-refractivity contribution in [3.63, 3.8) is 0 Å². The van der Waals surface area contributed by atoms with E-state index in [1.54, 1.807) is 23.7 Å². The van der Waals surface area contributed by atoms with Gasteiger partial charge < -0.3 is 9.88 Å². The Kier molecular flexibility index (Phi) is 5.06. The van der Waals surface area contributed by atoms with Gasteiger partial charge in [-0.3, -0.25) is 9.69 Å². The van der Waals surface area contributed by atoms with Crippen LogP contribution in [0.1, 0.15) is 15.2 Å². The molecule has 30 heavy (non-hydrogen) atoms. The van der Waals surface area contributed by atoms with Crippen LogP contribution in [-0.2, 0) is 6.54 Å². The second-order valence-corrected chi connectivity index (χ2v) is 8.62. The standard InChI is InChI=1S/C23H21FN4OS/c24-19-4-2-1-3-18(19)22-8-6-17(30-22)14-27-9-11-28(12-10-27)23(29)16-5-7-20-21(13-16)26-15-25-20/h1-8,13,15H,9-12,14H2,(H,25,26). The van der Waals surface area contributed by atoms with E-state index in [2.05, 4.69) is 20.9 Å². The molecule has 0 saturated carbocycles. The fourth-order valence-electron chi connectivity index (χ4n) is 3.85. The van der Waals surface area contributed by atoms with E-state index in [1.165, 1.54) is 10.9 Å². The van der Waals surface area contributed by atoms with Crippen molar-refractivity contribution >= 4 is 28.3 Å². The van der Waals surface area contributed by atoms with Crippen LogP contribution in [0.15, 0.2) is 60.9 Å². The zero-order chi connectivity index (χ0) is 20.5. The van der Waals surface area contributed by atoms with Gasteiger partial charge in [-0.25, -0.2) is 9.37 Å². The first-order chi connectivity index (χ1) is 14.7. The molecular weight excluding hydrogens is 399 g/mol. The lowest BCUT2D eigenvalue weighted by atomic mass is 10.1. The first-order valence-corrected chi connectivity index (χ1v) is 10.8. The summed E-state index contributed by atoms with van der Waals surface area (Å²) in [6.07, 6.45) is 1.64. The van der Waals surface area contributed by atoms with Gasteiger partial charge in [-0.05, 0) is 36.4 Å². The highest BCUT2D eigenvalue weighted by molar-refractivity contribution is 7.15. The molecule has 0 spiro atoms. The third-order valence-electron chi connectivity index (χ3n) is 5.51. The smallest absolute Gasteiger partial charge is 0.254 e. The molecule has 1 N–H and O–H groups in total. The zero-order valence-corrected chi connectivity index (χ0v) is 17.2. The third-order valence-corrected chi connectivity index (χ3v) is 6.61. The van der Waals surface area contributed by atoms with E-state index in [4.69, 9.17) is 0 Å². The normalized spacial score (nSPS) is 15.0. The number of fused-ring (bicyclic) bond motifs is 1. The predicted octanol–water partition coefficient (Wildman–Crippen LogP) is 4.39. The number of imidazole rings is 1. The van der Waals surface area contributed by atoms with Gasteiger partial charge in [0.1, 0.15) is 5.82 Å². The highest BCUT2D eigenvalue weighted by Crippen LogP contribution is 2.30. The van der Waals surface area contributed by atoms with Crippen molar-refractivity contribution in [3.8, 4) is 10.4 Å². The van der Waals surface area contributed by atoms with Gasteiger partial charge in [0.2, 0.25) is 0 Å². The molecule has 7 heteroatoms. The number of hydrogen-bond acceptors (Lipinski definition) is 4. The Morgan fingerprint density at radius 2 is 1.90 bits per heavy atom. The molecule has 1 aliphatic rings. The van der Waals surface area contributed by atoms with Gasteiger partial charge in [0, 0.05) is 53.6 Å². The molecule has 5 rings (SSSR count). The minimum Gasteiger partial charge on any atom is -0.345 e. The summed E-state index contributed by atoms with van der Waals surface area (Å²) < 4.78 is 14.0. The number of aromatic nitrogens is 2. The van der Waals surface area contributed by atoms with Crippen LogP contribution in [-0.4, -0.2) is 51.9 Å². The number of carbonyl (C=O) groups is 1. The van der Waals surface area contributed by atoms with Gasteiger partial charge in [0.15, 0.2) is 0 Å². The van der Waals surface area contributed by atoms with Crippen molar-refractivity contribution < 1.29 is 9.18 Å². The third kappa shape index (κ3) is 3.74. The minimum atomic E-state index is -0.189. The Balaban J connectivity index is 1.20. The molecule has 152 valence electrons. The van der Waals surface area contributed by atoms with Crippen molar-refractivity contribution in [2.75, 3.05) is 26.2 Å². The van der Waals surface area contributed by atoms with Crippen LogP contribution < -0.4 is 0 Å². The molecular formula is C23H21FN4OS. The Morgan fingerprint density at radius 3 is 2.73 bits per heavy atom.